The van der Waals surface area contributed by atoms with Crippen molar-refractivity contribution in [3.8, 4) is 0 Å². The molecule has 0 fully saturated rings. The Morgan fingerprint density at radius 3 is 1.66 bits per heavy atom. The molecule has 0 aromatic heterocycles. The normalized spacial score (nSPS) is 14.8. The van der Waals surface area contributed by atoms with E-state index in [9.17, 15) is 19.4 Å². The summed E-state index contributed by atoms with van der Waals surface area (Å²) in [6.07, 6.45) is 32.1. The number of allylic oxidation sites excluding steroid dienone is 2. The van der Waals surface area contributed by atoms with E-state index in [1.165, 1.54) is 96.3 Å². The SMILES string of the molecule is CCCCCCCCC/C=C\CCCCCCCC(=O)NC(COP(=O)([O-])OCC[N+](C)(C)C)C(O)CCCCCCCCCCC. The molecule has 0 radical (unpaired) electrons. The number of aliphatic hydroxyl groups excluding tert-OH is 1. The Morgan fingerprint density at radius 2 is 1.17 bits per heavy atom. The number of carbonyl (C=O) groups is 1. The zero-order valence-electron chi connectivity index (χ0n) is 31.5. The molecule has 0 heterocycles. The summed E-state index contributed by atoms with van der Waals surface area (Å²) in [6.45, 7) is 4.67. The van der Waals surface area contributed by atoms with Crippen molar-refractivity contribution in [2.45, 2.75) is 187 Å². The molecule has 47 heavy (non-hydrogen) atoms. The zero-order chi connectivity index (χ0) is 35.1. The molecule has 280 valence electrons. The monoisotopic (exact) mass is 689 g/mol. The van der Waals surface area contributed by atoms with Gasteiger partial charge in [-0.2, -0.15) is 0 Å². The minimum Gasteiger partial charge on any atom is -0.756 e. The molecule has 0 aromatic carbocycles. The third-order valence-corrected chi connectivity index (χ3v) is 9.72. The number of carbonyl (C=O) groups excluding carboxylic acids is 1. The van der Waals surface area contributed by atoms with Gasteiger partial charge in [0.15, 0.2) is 0 Å². The van der Waals surface area contributed by atoms with Crippen LogP contribution in [0.4, 0.5) is 0 Å². The first-order chi connectivity index (χ1) is 22.5. The molecule has 0 bridgehead atoms. The number of nitrogens with one attached hydrogen (secondary N) is 1. The van der Waals surface area contributed by atoms with Crippen LogP contribution in [0.25, 0.3) is 0 Å². The van der Waals surface area contributed by atoms with E-state index < -0.39 is 20.0 Å². The number of quaternary nitrogens is 1. The summed E-state index contributed by atoms with van der Waals surface area (Å²) >= 11 is 0. The van der Waals surface area contributed by atoms with Crippen molar-refractivity contribution >= 4 is 13.7 Å². The van der Waals surface area contributed by atoms with E-state index in [-0.39, 0.29) is 19.1 Å². The van der Waals surface area contributed by atoms with Crippen molar-refractivity contribution in [1.82, 2.24) is 5.32 Å². The van der Waals surface area contributed by atoms with Crippen LogP contribution < -0.4 is 10.2 Å². The van der Waals surface area contributed by atoms with Crippen LogP contribution in [0.2, 0.25) is 0 Å². The van der Waals surface area contributed by atoms with E-state index in [0.29, 0.717) is 23.9 Å². The highest BCUT2D eigenvalue weighted by Gasteiger charge is 2.24. The van der Waals surface area contributed by atoms with Crippen LogP contribution >= 0.6 is 7.82 Å². The number of phosphoric ester groups is 1. The molecular formula is C38H77N2O6P. The smallest absolute Gasteiger partial charge is 0.268 e. The Kier molecular flexibility index (Phi) is 30.7. The summed E-state index contributed by atoms with van der Waals surface area (Å²) in [5.74, 6) is -0.176. The van der Waals surface area contributed by atoms with Crippen LogP contribution in [0, 0.1) is 0 Å². The lowest BCUT2D eigenvalue weighted by Crippen LogP contribution is -2.46. The molecule has 3 atom stereocenters. The minimum atomic E-state index is -4.55. The Hall–Kier alpha value is -0.760. The molecule has 0 aliphatic rings. The van der Waals surface area contributed by atoms with E-state index >= 15 is 0 Å². The summed E-state index contributed by atoms with van der Waals surface area (Å²) in [6, 6.07) is -0.798. The van der Waals surface area contributed by atoms with Gasteiger partial charge in [-0.15, -0.1) is 0 Å². The Morgan fingerprint density at radius 1 is 0.723 bits per heavy atom. The van der Waals surface area contributed by atoms with Crippen LogP contribution in [0.15, 0.2) is 12.2 Å². The lowest BCUT2D eigenvalue weighted by molar-refractivity contribution is -0.870. The Labute approximate surface area is 291 Å². The molecule has 9 heteroatoms. The second kappa shape index (κ2) is 31.2. The fourth-order valence-corrected chi connectivity index (χ4v) is 6.28. The first-order valence-corrected chi connectivity index (χ1v) is 21.0. The van der Waals surface area contributed by atoms with Gasteiger partial charge in [-0.3, -0.25) is 9.36 Å². The third-order valence-electron chi connectivity index (χ3n) is 8.75. The Balaban J connectivity index is 4.40. The largest absolute Gasteiger partial charge is 0.756 e. The maximum absolute atomic E-state index is 12.8. The van der Waals surface area contributed by atoms with E-state index in [2.05, 4.69) is 31.3 Å². The maximum Gasteiger partial charge on any atom is 0.268 e. The topological polar surface area (TPSA) is 108 Å². The van der Waals surface area contributed by atoms with Crippen molar-refractivity contribution in [1.29, 1.82) is 0 Å². The highest BCUT2D eigenvalue weighted by Crippen LogP contribution is 2.38. The van der Waals surface area contributed by atoms with Crippen molar-refractivity contribution in [3.63, 3.8) is 0 Å². The zero-order valence-corrected chi connectivity index (χ0v) is 32.4. The summed E-state index contributed by atoms with van der Waals surface area (Å²) in [5.41, 5.74) is 0. The fraction of sp³-hybridized carbons (Fsp3) is 0.921. The highest BCUT2D eigenvalue weighted by atomic mass is 31.2. The van der Waals surface area contributed by atoms with Crippen LogP contribution in [0.5, 0.6) is 0 Å². The fourth-order valence-electron chi connectivity index (χ4n) is 5.56. The van der Waals surface area contributed by atoms with Gasteiger partial charge in [0.25, 0.3) is 7.82 Å². The number of hydrogen-bond donors (Lipinski definition) is 2. The molecule has 0 rings (SSSR count). The van der Waals surface area contributed by atoms with E-state index in [0.717, 1.165) is 51.4 Å². The van der Waals surface area contributed by atoms with Gasteiger partial charge < -0.3 is 28.8 Å². The summed E-state index contributed by atoms with van der Waals surface area (Å²) in [5, 5.41) is 13.8. The van der Waals surface area contributed by atoms with Gasteiger partial charge >= 0.3 is 0 Å². The van der Waals surface area contributed by atoms with Crippen molar-refractivity contribution in [3.05, 3.63) is 12.2 Å². The number of amides is 1. The second-order valence-electron chi connectivity index (χ2n) is 14.6. The lowest BCUT2D eigenvalue weighted by Gasteiger charge is -2.30. The molecule has 0 aromatic rings. The average molecular weight is 689 g/mol. The van der Waals surface area contributed by atoms with E-state index in [1.54, 1.807) is 0 Å². The minimum absolute atomic E-state index is 0.0117. The maximum atomic E-state index is 12.8. The molecule has 3 unspecified atom stereocenters. The molecule has 0 aliphatic heterocycles. The van der Waals surface area contributed by atoms with Crippen LogP contribution in [-0.2, 0) is 18.4 Å². The standard InChI is InChI=1S/C38H77N2O6P/c1-6-8-10-12-14-16-17-18-19-20-21-22-24-26-28-30-32-38(42)39-36(35-46-47(43,44)45-34-33-40(3,4)5)37(41)31-29-27-25-23-15-13-11-9-7-2/h19-20,36-37,41H,6-18,21-35H2,1-5H3,(H-,39,42,43,44)/b20-19-. The van der Waals surface area contributed by atoms with Gasteiger partial charge in [0, 0.05) is 6.42 Å². The number of hydrogen-bond acceptors (Lipinski definition) is 6. The van der Waals surface area contributed by atoms with Crippen LogP contribution in [0.1, 0.15) is 174 Å². The Bertz CT molecular complexity index is 789. The molecule has 1 amide bonds. The highest BCUT2D eigenvalue weighted by molar-refractivity contribution is 7.45. The second-order valence-corrected chi connectivity index (χ2v) is 16.0. The van der Waals surface area contributed by atoms with Gasteiger partial charge in [0.05, 0.1) is 39.9 Å². The van der Waals surface area contributed by atoms with E-state index in [1.807, 2.05) is 21.1 Å². The number of rotatable bonds is 35. The number of phosphoric acid groups is 1. The summed E-state index contributed by atoms with van der Waals surface area (Å²) < 4.78 is 23.1. The number of nitrogens with zero attached hydrogens (tertiary/aromatic N) is 1. The number of likely N-dealkylation sites (N-methyl/N-ethyl adjacent to an activating group) is 1. The average Bonchev–Trinajstić information content (AvgIpc) is 3.01. The third kappa shape index (κ3) is 33.5. The first kappa shape index (κ1) is 46.2. The quantitative estimate of drug-likeness (QED) is 0.0297. The van der Waals surface area contributed by atoms with Crippen molar-refractivity contribution in [2.24, 2.45) is 0 Å². The summed E-state index contributed by atoms with van der Waals surface area (Å²) in [4.78, 5) is 25.1. The molecule has 8 nitrogen and oxygen atoms in total. The van der Waals surface area contributed by atoms with Crippen LogP contribution in [0.3, 0.4) is 0 Å². The predicted octanol–water partition coefficient (Wildman–Crippen LogP) is 9.39. The molecule has 0 saturated carbocycles. The van der Waals surface area contributed by atoms with Crippen molar-refractivity contribution in [2.75, 3.05) is 40.9 Å². The van der Waals surface area contributed by atoms with Gasteiger partial charge in [-0.05, 0) is 38.5 Å². The molecule has 2 N–H and O–H groups in total. The van der Waals surface area contributed by atoms with E-state index in [4.69, 9.17) is 9.05 Å². The number of unbranched alkanes of at least 4 members (excludes halogenated alkanes) is 20. The van der Waals surface area contributed by atoms with Gasteiger partial charge in [0.2, 0.25) is 5.91 Å². The van der Waals surface area contributed by atoms with Gasteiger partial charge in [-0.25, -0.2) is 0 Å². The molecule has 0 spiro atoms. The van der Waals surface area contributed by atoms with Crippen LogP contribution in [-0.4, -0.2) is 68.5 Å². The van der Waals surface area contributed by atoms with Gasteiger partial charge in [-0.1, -0.05) is 142 Å². The molecular weight excluding hydrogens is 611 g/mol. The molecule has 0 saturated heterocycles. The number of aliphatic hydroxyl groups is 1. The van der Waals surface area contributed by atoms with Gasteiger partial charge in [0.1, 0.15) is 13.2 Å². The lowest BCUT2D eigenvalue weighted by atomic mass is 10.0. The first-order valence-electron chi connectivity index (χ1n) is 19.5. The van der Waals surface area contributed by atoms with Crippen molar-refractivity contribution < 1.29 is 32.9 Å². The molecule has 0 aliphatic carbocycles. The predicted molar refractivity (Wildman–Crippen MR) is 196 cm³/mol. The summed E-state index contributed by atoms with van der Waals surface area (Å²) in [7, 11) is 1.30.